The van der Waals surface area contributed by atoms with Crippen LogP contribution in [-0.4, -0.2) is 57.4 Å². The maximum absolute atomic E-state index is 12.3. The second-order valence-corrected chi connectivity index (χ2v) is 9.20. The molecule has 4 heterocycles. The summed E-state index contributed by atoms with van der Waals surface area (Å²) in [6.45, 7) is 4.84. The van der Waals surface area contributed by atoms with Crippen LogP contribution < -0.4 is 10.0 Å². The van der Waals surface area contributed by atoms with Crippen molar-refractivity contribution in [2.45, 2.75) is 31.2 Å². The molecule has 8 nitrogen and oxygen atoms in total. The number of carboxylic acids is 1. The average Bonchev–Trinajstić information content (AvgIpc) is 3.12. The molecule has 4 rings (SSSR count). The zero-order chi connectivity index (χ0) is 19.5. The highest BCUT2D eigenvalue weighted by molar-refractivity contribution is 8.03. The number of hydrogen-bond donors (Lipinski definition) is 1. The Morgan fingerprint density at radius 2 is 2.26 bits per heavy atom. The van der Waals surface area contributed by atoms with Gasteiger partial charge < -0.3 is 24.8 Å². The molecule has 3 aliphatic rings. The Morgan fingerprint density at radius 1 is 1.56 bits per heavy atom. The molecule has 0 aliphatic carbocycles. The lowest BCUT2D eigenvalue weighted by atomic mass is 9.79. The lowest BCUT2D eigenvalue weighted by molar-refractivity contribution is -0.301. The van der Waals surface area contributed by atoms with Crippen LogP contribution in [0.1, 0.15) is 19.5 Å². The van der Waals surface area contributed by atoms with E-state index >= 15 is 0 Å². The monoisotopic (exact) mass is 405 g/mol. The molecule has 1 amide bonds. The number of aliphatic hydroxyl groups is 1. The first-order valence-corrected chi connectivity index (χ1v) is 10.3. The Balaban J connectivity index is 1.48. The maximum atomic E-state index is 12.3. The summed E-state index contributed by atoms with van der Waals surface area (Å²) in [7, 11) is 0. The number of aliphatic hydroxyl groups excluding tert-OH is 1. The molecule has 2 saturated heterocycles. The van der Waals surface area contributed by atoms with Crippen molar-refractivity contribution in [3.05, 3.63) is 21.7 Å². The molecule has 0 spiro atoms. The van der Waals surface area contributed by atoms with Crippen LogP contribution in [0.25, 0.3) is 0 Å². The minimum atomic E-state index is -1.35. The number of thiazole rings is 1. The lowest BCUT2D eigenvalue weighted by Gasteiger charge is -2.47. The van der Waals surface area contributed by atoms with Gasteiger partial charge in [-0.25, -0.2) is 4.98 Å². The summed E-state index contributed by atoms with van der Waals surface area (Å²) in [6.07, 6.45) is -0.813. The highest BCUT2D eigenvalue weighted by atomic mass is 32.2. The zero-order valence-corrected chi connectivity index (χ0v) is 16.3. The molecular weight excluding hydrogens is 388 g/mol. The molecule has 0 radical (unpaired) electrons. The van der Waals surface area contributed by atoms with Crippen LogP contribution in [0.4, 0.5) is 5.13 Å². The second-order valence-electron chi connectivity index (χ2n) is 7.03. The van der Waals surface area contributed by atoms with Crippen LogP contribution in [0, 0.1) is 23.2 Å². The van der Waals surface area contributed by atoms with Crippen molar-refractivity contribution in [1.29, 1.82) is 5.26 Å². The van der Waals surface area contributed by atoms with Gasteiger partial charge >= 0.3 is 0 Å². The summed E-state index contributed by atoms with van der Waals surface area (Å²) in [5, 5.41) is 33.1. The Kier molecular flexibility index (Phi) is 4.41. The average molecular weight is 405 g/mol. The van der Waals surface area contributed by atoms with Crippen LogP contribution in [0.3, 0.4) is 0 Å². The number of aliphatic carboxylic acids is 1. The maximum Gasteiger partial charge on any atom is 0.235 e. The van der Waals surface area contributed by atoms with Crippen LogP contribution in [0.2, 0.25) is 0 Å². The van der Waals surface area contributed by atoms with E-state index in [0.29, 0.717) is 23.7 Å². The highest BCUT2D eigenvalue weighted by Gasteiger charge is 2.59. The van der Waals surface area contributed by atoms with Gasteiger partial charge in [0.1, 0.15) is 6.07 Å². The number of rotatable bonds is 5. The largest absolute Gasteiger partial charge is 0.543 e. The first-order chi connectivity index (χ1) is 12.8. The summed E-state index contributed by atoms with van der Waals surface area (Å²) in [5.41, 5.74) is 0.350. The number of carbonyl (C=O) groups is 2. The lowest BCUT2D eigenvalue weighted by Crippen LogP contribution is -2.64. The fourth-order valence-corrected chi connectivity index (χ4v) is 6.27. The number of nitrogens with zero attached hydrogens (tertiary/aromatic N) is 4. The number of carbonyl (C=O) groups excluding carboxylic acids is 2. The van der Waals surface area contributed by atoms with Crippen molar-refractivity contribution >= 4 is 40.1 Å². The highest BCUT2D eigenvalue weighted by Crippen LogP contribution is 2.51. The van der Waals surface area contributed by atoms with Crippen LogP contribution >= 0.6 is 23.1 Å². The molecule has 4 atom stereocenters. The Labute approximate surface area is 164 Å². The summed E-state index contributed by atoms with van der Waals surface area (Å²) < 4.78 is 0. The SMILES string of the molecule is C[C@@H](O)[C@H]1C(=O)N2C(C(=O)[O-])=C(SC3CN(c4nc(C#N)cs4)C3)[C@H](C)[C@H]12. The van der Waals surface area contributed by atoms with Crippen molar-refractivity contribution in [2.24, 2.45) is 11.8 Å². The number of β-lactam (4-membered cyclic amide) rings is 1. The molecule has 0 bridgehead atoms. The first-order valence-electron chi connectivity index (χ1n) is 8.57. The van der Waals surface area contributed by atoms with Crippen LogP contribution in [0.5, 0.6) is 0 Å². The first kappa shape index (κ1) is 18.3. The third-order valence-electron chi connectivity index (χ3n) is 5.32. The number of aromatic nitrogens is 1. The molecule has 3 aliphatic heterocycles. The third kappa shape index (κ3) is 2.72. The van der Waals surface area contributed by atoms with Crippen molar-refractivity contribution in [3.8, 4) is 6.07 Å². The molecule has 1 aromatic rings. The molecule has 10 heteroatoms. The molecule has 0 saturated carbocycles. The minimum absolute atomic E-state index is 0.0427. The number of carboxylic acid groups (broad SMARTS) is 1. The van der Waals surface area contributed by atoms with Gasteiger partial charge in [-0.1, -0.05) is 6.92 Å². The molecule has 1 N–H and O–H groups in total. The molecule has 27 heavy (non-hydrogen) atoms. The van der Waals surface area contributed by atoms with E-state index in [1.807, 2.05) is 17.9 Å². The van der Waals surface area contributed by atoms with Crippen molar-refractivity contribution in [1.82, 2.24) is 9.88 Å². The topological polar surface area (TPSA) is 121 Å². The molecular formula is C17H17N4O4S2-. The summed E-state index contributed by atoms with van der Waals surface area (Å²) >= 11 is 2.88. The number of thioether (sulfide) groups is 1. The van der Waals surface area contributed by atoms with E-state index in [2.05, 4.69) is 4.98 Å². The molecule has 0 aromatic carbocycles. The number of fused-ring (bicyclic) bond motifs is 1. The van der Waals surface area contributed by atoms with Crippen LogP contribution in [0.15, 0.2) is 16.0 Å². The molecule has 2 fully saturated rings. The predicted molar refractivity (Wildman–Crippen MR) is 97.4 cm³/mol. The Bertz CT molecular complexity index is 884. The van der Waals surface area contributed by atoms with E-state index in [1.165, 1.54) is 28.0 Å². The van der Waals surface area contributed by atoms with Crippen molar-refractivity contribution in [2.75, 3.05) is 18.0 Å². The van der Waals surface area contributed by atoms with Gasteiger partial charge in [0.2, 0.25) is 5.91 Å². The summed E-state index contributed by atoms with van der Waals surface area (Å²) in [6, 6.07) is 1.69. The number of amides is 1. The normalized spacial score (nSPS) is 28.5. The van der Waals surface area contributed by atoms with Gasteiger partial charge in [0.15, 0.2) is 10.8 Å². The number of anilines is 1. The van der Waals surface area contributed by atoms with Gasteiger partial charge in [0, 0.05) is 34.5 Å². The van der Waals surface area contributed by atoms with Gasteiger partial charge in [0.05, 0.1) is 29.7 Å². The van der Waals surface area contributed by atoms with E-state index in [9.17, 15) is 19.8 Å². The van der Waals surface area contributed by atoms with Crippen molar-refractivity contribution < 1.29 is 19.8 Å². The quantitative estimate of drug-likeness (QED) is 0.666. The molecule has 1 aromatic heterocycles. The number of hydrogen-bond acceptors (Lipinski definition) is 9. The third-order valence-corrected chi connectivity index (χ3v) is 7.67. The smallest absolute Gasteiger partial charge is 0.235 e. The molecule has 142 valence electrons. The fraction of sp³-hybridized carbons (Fsp3) is 0.529. The standard InChI is InChI=1S/C17H18N4O4S2/c1-7-12-11(8(2)22)15(23)21(12)13(16(24)25)14(7)27-10-4-20(5-10)17-19-9(3-18)6-26-17/h6-8,10-12,22H,4-5H2,1-2H3,(H,24,25)/p-1/t7-,8-,11-,12-/m1/s1. The Morgan fingerprint density at radius 3 is 2.81 bits per heavy atom. The van der Waals surface area contributed by atoms with Gasteiger partial charge in [-0.3, -0.25) is 4.79 Å². The van der Waals surface area contributed by atoms with E-state index in [4.69, 9.17) is 5.26 Å². The van der Waals surface area contributed by atoms with Gasteiger partial charge in [-0.15, -0.1) is 23.1 Å². The van der Waals surface area contributed by atoms with E-state index < -0.39 is 18.0 Å². The fourth-order valence-electron chi connectivity index (χ4n) is 3.98. The van der Waals surface area contributed by atoms with E-state index in [0.717, 1.165) is 5.13 Å². The predicted octanol–water partition coefficient (Wildman–Crippen LogP) is -0.244. The minimum Gasteiger partial charge on any atom is -0.543 e. The van der Waals surface area contributed by atoms with Crippen LogP contribution in [-0.2, 0) is 9.59 Å². The van der Waals surface area contributed by atoms with E-state index in [1.54, 1.807) is 12.3 Å². The van der Waals surface area contributed by atoms with Gasteiger partial charge in [-0.2, -0.15) is 5.26 Å². The number of nitriles is 1. The summed E-state index contributed by atoms with van der Waals surface area (Å²) in [4.78, 5) is 32.2. The summed E-state index contributed by atoms with van der Waals surface area (Å²) in [5.74, 6) is -2.41. The second kappa shape index (κ2) is 6.51. The Hall–Kier alpha value is -2.09. The van der Waals surface area contributed by atoms with E-state index in [-0.39, 0.29) is 28.8 Å². The zero-order valence-electron chi connectivity index (χ0n) is 14.7. The van der Waals surface area contributed by atoms with Gasteiger partial charge in [0.25, 0.3) is 0 Å². The molecule has 0 unspecified atom stereocenters. The van der Waals surface area contributed by atoms with Crippen molar-refractivity contribution in [3.63, 3.8) is 0 Å². The van der Waals surface area contributed by atoms with Gasteiger partial charge in [-0.05, 0) is 6.92 Å².